The smallest absolute Gasteiger partial charge is 0.325 e. The summed E-state index contributed by atoms with van der Waals surface area (Å²) < 4.78 is 1.54. The number of carboxylic acid groups (broad SMARTS) is 1. The van der Waals surface area contributed by atoms with E-state index in [0.717, 1.165) is 5.82 Å². The standard InChI is InChI=1S/C16H22N4O2S/c1-19(12-5-2-3-6-12)10-15-17-14(9-13-7-4-8-23-13)18-20(15)11-16(21)22/h4,7-8,12H,2-3,5-6,9-11H2,1H3,(H,21,22). The van der Waals surface area contributed by atoms with Crippen molar-refractivity contribution in [1.29, 1.82) is 0 Å². The fourth-order valence-corrected chi connectivity index (χ4v) is 3.84. The minimum atomic E-state index is -0.887. The molecule has 1 aliphatic carbocycles. The van der Waals surface area contributed by atoms with Gasteiger partial charge < -0.3 is 5.11 Å². The molecule has 1 saturated carbocycles. The van der Waals surface area contributed by atoms with E-state index in [1.165, 1.54) is 35.2 Å². The first-order valence-corrected chi connectivity index (χ1v) is 8.87. The van der Waals surface area contributed by atoms with Gasteiger partial charge in [0.1, 0.15) is 12.4 Å². The van der Waals surface area contributed by atoms with E-state index in [4.69, 9.17) is 5.11 Å². The molecule has 0 bridgehead atoms. The van der Waals surface area contributed by atoms with Gasteiger partial charge in [-0.15, -0.1) is 11.3 Å². The Morgan fingerprint density at radius 2 is 2.26 bits per heavy atom. The van der Waals surface area contributed by atoms with Crippen LogP contribution in [0.4, 0.5) is 0 Å². The quantitative estimate of drug-likeness (QED) is 0.842. The third-order valence-electron chi connectivity index (χ3n) is 4.33. The highest BCUT2D eigenvalue weighted by molar-refractivity contribution is 7.09. The molecule has 23 heavy (non-hydrogen) atoms. The number of aliphatic carboxylic acids is 1. The molecule has 7 heteroatoms. The van der Waals surface area contributed by atoms with Gasteiger partial charge in [0.15, 0.2) is 5.82 Å². The lowest BCUT2D eigenvalue weighted by atomic mass is 10.2. The predicted molar refractivity (Wildman–Crippen MR) is 88.5 cm³/mol. The zero-order valence-electron chi connectivity index (χ0n) is 13.3. The Labute approximate surface area is 139 Å². The van der Waals surface area contributed by atoms with Crippen LogP contribution in [0.25, 0.3) is 0 Å². The molecule has 3 rings (SSSR count). The Kier molecular flexibility index (Phi) is 5.07. The topological polar surface area (TPSA) is 71.2 Å². The molecule has 0 aliphatic heterocycles. The number of aromatic nitrogens is 3. The molecule has 0 amide bonds. The molecule has 0 atom stereocenters. The largest absolute Gasteiger partial charge is 0.480 e. The van der Waals surface area contributed by atoms with E-state index in [2.05, 4.69) is 22.0 Å². The van der Waals surface area contributed by atoms with Crippen molar-refractivity contribution >= 4 is 17.3 Å². The second-order valence-corrected chi connectivity index (χ2v) is 7.14. The van der Waals surface area contributed by atoms with Crippen LogP contribution in [-0.4, -0.2) is 43.8 Å². The van der Waals surface area contributed by atoms with Gasteiger partial charge in [-0.05, 0) is 31.3 Å². The maximum atomic E-state index is 11.1. The Bertz CT molecular complexity index is 647. The molecule has 0 saturated heterocycles. The lowest BCUT2D eigenvalue weighted by Gasteiger charge is -2.23. The van der Waals surface area contributed by atoms with Crippen LogP contribution < -0.4 is 0 Å². The summed E-state index contributed by atoms with van der Waals surface area (Å²) in [6.45, 7) is 0.515. The zero-order valence-corrected chi connectivity index (χ0v) is 14.1. The molecule has 0 spiro atoms. The molecule has 2 aromatic heterocycles. The average Bonchev–Trinajstić information content (AvgIpc) is 3.22. The van der Waals surface area contributed by atoms with Crippen LogP contribution in [0.3, 0.4) is 0 Å². The van der Waals surface area contributed by atoms with Crippen molar-refractivity contribution in [2.24, 2.45) is 0 Å². The minimum absolute atomic E-state index is 0.134. The van der Waals surface area contributed by atoms with Crippen molar-refractivity contribution in [2.75, 3.05) is 7.05 Å². The van der Waals surface area contributed by atoms with Gasteiger partial charge in [-0.2, -0.15) is 5.10 Å². The number of hydrogen-bond acceptors (Lipinski definition) is 5. The summed E-state index contributed by atoms with van der Waals surface area (Å²) in [6, 6.07) is 4.63. The first kappa shape index (κ1) is 16.1. The molecule has 6 nitrogen and oxygen atoms in total. The van der Waals surface area contributed by atoms with Crippen molar-refractivity contribution in [3.05, 3.63) is 34.0 Å². The van der Waals surface area contributed by atoms with Crippen LogP contribution in [0.2, 0.25) is 0 Å². The molecular weight excluding hydrogens is 312 g/mol. The Morgan fingerprint density at radius 1 is 1.48 bits per heavy atom. The van der Waals surface area contributed by atoms with Crippen LogP contribution in [0.1, 0.15) is 42.2 Å². The Balaban J connectivity index is 1.75. The van der Waals surface area contributed by atoms with Crippen LogP contribution in [0, 0.1) is 0 Å². The number of carbonyl (C=O) groups is 1. The van der Waals surface area contributed by atoms with E-state index in [1.807, 2.05) is 17.5 Å². The normalized spacial score (nSPS) is 15.6. The van der Waals surface area contributed by atoms with Gasteiger partial charge in [-0.3, -0.25) is 9.69 Å². The van der Waals surface area contributed by atoms with Crippen LogP contribution >= 0.6 is 11.3 Å². The first-order valence-electron chi connectivity index (χ1n) is 7.99. The van der Waals surface area contributed by atoms with Crippen molar-refractivity contribution in [3.63, 3.8) is 0 Å². The van der Waals surface area contributed by atoms with Gasteiger partial charge in [0.2, 0.25) is 0 Å². The summed E-state index contributed by atoms with van der Waals surface area (Å²) >= 11 is 1.67. The number of hydrogen-bond donors (Lipinski definition) is 1. The van der Waals surface area contributed by atoms with Crippen molar-refractivity contribution in [3.8, 4) is 0 Å². The van der Waals surface area contributed by atoms with Crippen LogP contribution in [-0.2, 0) is 24.3 Å². The molecule has 0 radical (unpaired) electrons. The highest BCUT2D eigenvalue weighted by Gasteiger charge is 2.22. The van der Waals surface area contributed by atoms with Crippen molar-refractivity contribution in [1.82, 2.24) is 19.7 Å². The van der Waals surface area contributed by atoms with E-state index in [-0.39, 0.29) is 6.54 Å². The second kappa shape index (κ2) is 7.23. The number of rotatable bonds is 7. The Hall–Kier alpha value is -1.73. The third-order valence-corrected chi connectivity index (χ3v) is 5.20. The lowest BCUT2D eigenvalue weighted by molar-refractivity contribution is -0.138. The summed E-state index contributed by atoms with van der Waals surface area (Å²) in [5.41, 5.74) is 0. The predicted octanol–water partition coefficient (Wildman–Crippen LogP) is 2.39. The number of nitrogens with zero attached hydrogens (tertiary/aromatic N) is 4. The summed E-state index contributed by atoms with van der Waals surface area (Å²) in [7, 11) is 2.09. The molecule has 1 N–H and O–H groups in total. The number of carboxylic acids is 1. The first-order chi connectivity index (χ1) is 11.1. The number of thiophene rings is 1. The van der Waals surface area contributed by atoms with Gasteiger partial charge in [0.25, 0.3) is 0 Å². The van der Waals surface area contributed by atoms with E-state index in [1.54, 1.807) is 11.3 Å². The van der Waals surface area contributed by atoms with Crippen LogP contribution in [0.15, 0.2) is 17.5 Å². The van der Waals surface area contributed by atoms with Gasteiger partial charge in [-0.1, -0.05) is 18.9 Å². The van der Waals surface area contributed by atoms with E-state index < -0.39 is 5.97 Å². The van der Waals surface area contributed by atoms with Crippen molar-refractivity contribution in [2.45, 2.75) is 51.2 Å². The molecule has 2 aromatic rings. The molecule has 0 unspecified atom stereocenters. The second-order valence-electron chi connectivity index (χ2n) is 6.11. The summed E-state index contributed by atoms with van der Waals surface area (Å²) in [4.78, 5) is 19.2. The van der Waals surface area contributed by atoms with Gasteiger partial charge in [-0.25, -0.2) is 9.67 Å². The third kappa shape index (κ3) is 4.17. The lowest BCUT2D eigenvalue weighted by Crippen LogP contribution is -2.30. The molecule has 124 valence electrons. The molecular formula is C16H22N4O2S. The maximum Gasteiger partial charge on any atom is 0.325 e. The van der Waals surface area contributed by atoms with E-state index in [9.17, 15) is 4.79 Å². The van der Waals surface area contributed by atoms with Gasteiger partial charge in [0.05, 0.1) is 6.54 Å². The summed E-state index contributed by atoms with van der Waals surface area (Å²) in [6.07, 6.45) is 5.64. The molecule has 1 aliphatic rings. The summed E-state index contributed by atoms with van der Waals surface area (Å²) in [5.74, 6) is 0.555. The monoisotopic (exact) mass is 334 g/mol. The highest BCUT2D eigenvalue weighted by atomic mass is 32.1. The molecule has 2 heterocycles. The van der Waals surface area contributed by atoms with E-state index in [0.29, 0.717) is 24.8 Å². The SMILES string of the molecule is CN(Cc1nc(Cc2cccs2)nn1CC(=O)O)C1CCCC1. The average molecular weight is 334 g/mol. The highest BCUT2D eigenvalue weighted by Crippen LogP contribution is 2.23. The Morgan fingerprint density at radius 3 is 2.91 bits per heavy atom. The fourth-order valence-electron chi connectivity index (χ4n) is 3.14. The summed E-state index contributed by atoms with van der Waals surface area (Å²) in [5, 5.41) is 15.5. The molecule has 0 aromatic carbocycles. The fraction of sp³-hybridized carbons (Fsp3) is 0.562. The zero-order chi connectivity index (χ0) is 16.2. The maximum absolute atomic E-state index is 11.1. The minimum Gasteiger partial charge on any atom is -0.480 e. The van der Waals surface area contributed by atoms with E-state index >= 15 is 0 Å². The van der Waals surface area contributed by atoms with Gasteiger partial charge >= 0.3 is 5.97 Å². The van der Waals surface area contributed by atoms with Crippen LogP contribution in [0.5, 0.6) is 0 Å². The van der Waals surface area contributed by atoms with Gasteiger partial charge in [0, 0.05) is 17.3 Å². The molecule has 1 fully saturated rings. The van der Waals surface area contributed by atoms with Crippen molar-refractivity contribution < 1.29 is 9.90 Å².